The van der Waals surface area contributed by atoms with Crippen LogP contribution in [0, 0.1) is 0 Å². The zero-order valence-electron chi connectivity index (χ0n) is 22.3. The molecule has 5 heterocycles. The monoisotopic (exact) mass is 585 g/mol. The van der Waals surface area contributed by atoms with E-state index in [1.807, 2.05) is 26.0 Å². The van der Waals surface area contributed by atoms with Crippen LogP contribution in [-0.2, 0) is 20.3 Å². The van der Waals surface area contributed by atoms with Crippen LogP contribution < -0.4 is 9.47 Å². The molecule has 4 aromatic rings. The molecule has 1 aliphatic rings. The van der Waals surface area contributed by atoms with Gasteiger partial charge in [-0.15, -0.1) is 10.2 Å². The summed E-state index contributed by atoms with van der Waals surface area (Å²) in [4.78, 5) is 16.8. The zero-order valence-corrected chi connectivity index (χ0v) is 23.9. The summed E-state index contributed by atoms with van der Waals surface area (Å²) in [5.41, 5.74) is 1.43. The molecular formula is C26H28ClN7O5S. The molecule has 14 heteroatoms. The van der Waals surface area contributed by atoms with Gasteiger partial charge in [-0.3, -0.25) is 9.55 Å². The Bertz CT molecular complexity index is 1580. The summed E-state index contributed by atoms with van der Waals surface area (Å²) < 4.78 is 47.2. The van der Waals surface area contributed by atoms with Gasteiger partial charge in [-0.25, -0.2) is 23.4 Å². The SMILES string of the molecule is COc1nccc2c1OC[C@H](c1ccncc1)n1c(CS(=O)(=O)[C@@H](C)[C@@H](OC(C)C)c3ncc(Cl)cn3)nnc1-2. The molecule has 5 rings (SSSR count). The van der Waals surface area contributed by atoms with Gasteiger partial charge in [0.2, 0.25) is 0 Å². The van der Waals surface area contributed by atoms with E-state index in [4.69, 9.17) is 25.8 Å². The molecule has 0 aliphatic carbocycles. The highest BCUT2D eigenvalue weighted by molar-refractivity contribution is 7.91. The molecule has 0 bridgehead atoms. The van der Waals surface area contributed by atoms with Gasteiger partial charge in [0, 0.05) is 31.0 Å². The van der Waals surface area contributed by atoms with Gasteiger partial charge in [-0.05, 0) is 44.5 Å². The molecule has 0 fully saturated rings. The molecule has 40 heavy (non-hydrogen) atoms. The minimum absolute atomic E-state index is 0.157. The average Bonchev–Trinajstić information content (AvgIpc) is 3.26. The topological polar surface area (TPSA) is 144 Å². The van der Waals surface area contributed by atoms with E-state index in [-0.39, 0.29) is 24.4 Å². The number of hydrogen-bond donors (Lipinski definition) is 0. The third kappa shape index (κ3) is 5.49. The molecule has 0 amide bonds. The Morgan fingerprint density at radius 1 is 1.07 bits per heavy atom. The largest absolute Gasteiger partial charge is 0.485 e. The van der Waals surface area contributed by atoms with E-state index in [1.165, 1.54) is 19.5 Å². The van der Waals surface area contributed by atoms with Crippen molar-refractivity contribution >= 4 is 21.4 Å². The van der Waals surface area contributed by atoms with Gasteiger partial charge in [-0.2, -0.15) is 0 Å². The number of methoxy groups -OCH3 is 1. The van der Waals surface area contributed by atoms with E-state index < -0.39 is 33.0 Å². The fraction of sp³-hybridized carbons (Fsp3) is 0.385. The number of aromatic nitrogens is 7. The molecule has 0 saturated heterocycles. The molecule has 3 atom stereocenters. The Kier molecular flexibility index (Phi) is 7.97. The third-order valence-corrected chi connectivity index (χ3v) is 8.73. The third-order valence-electron chi connectivity index (χ3n) is 6.50. The van der Waals surface area contributed by atoms with Crippen molar-refractivity contribution in [3.05, 3.63) is 71.4 Å². The van der Waals surface area contributed by atoms with E-state index in [9.17, 15) is 8.42 Å². The van der Waals surface area contributed by atoms with Crippen molar-refractivity contribution in [2.75, 3.05) is 13.7 Å². The van der Waals surface area contributed by atoms with E-state index in [2.05, 4.69) is 30.1 Å². The number of hydrogen-bond acceptors (Lipinski definition) is 11. The number of pyridine rings is 2. The summed E-state index contributed by atoms with van der Waals surface area (Å²) in [7, 11) is -2.38. The lowest BCUT2D eigenvalue weighted by atomic mass is 10.1. The number of rotatable bonds is 9. The predicted molar refractivity (Wildman–Crippen MR) is 146 cm³/mol. The summed E-state index contributed by atoms with van der Waals surface area (Å²) in [6.07, 6.45) is 6.53. The first-order valence-electron chi connectivity index (χ1n) is 12.5. The average molecular weight is 586 g/mol. The minimum Gasteiger partial charge on any atom is -0.485 e. The second-order valence-corrected chi connectivity index (χ2v) is 12.3. The van der Waals surface area contributed by atoms with Crippen molar-refractivity contribution in [3.8, 4) is 23.0 Å². The van der Waals surface area contributed by atoms with Crippen LogP contribution in [-0.4, -0.2) is 68.2 Å². The lowest BCUT2D eigenvalue weighted by Crippen LogP contribution is -2.32. The van der Waals surface area contributed by atoms with Crippen molar-refractivity contribution in [1.29, 1.82) is 0 Å². The van der Waals surface area contributed by atoms with Crippen LogP contribution in [0.4, 0.5) is 0 Å². The van der Waals surface area contributed by atoms with Crippen molar-refractivity contribution in [2.24, 2.45) is 0 Å². The van der Waals surface area contributed by atoms with Crippen molar-refractivity contribution in [1.82, 2.24) is 34.7 Å². The lowest BCUT2D eigenvalue weighted by Gasteiger charge is -2.25. The predicted octanol–water partition coefficient (Wildman–Crippen LogP) is 3.64. The quantitative estimate of drug-likeness (QED) is 0.284. The summed E-state index contributed by atoms with van der Waals surface area (Å²) >= 11 is 5.96. The number of nitrogens with zero attached hydrogens (tertiary/aromatic N) is 7. The van der Waals surface area contributed by atoms with Crippen molar-refractivity contribution in [3.63, 3.8) is 0 Å². The Morgan fingerprint density at radius 3 is 2.48 bits per heavy atom. The van der Waals surface area contributed by atoms with Crippen LogP contribution in [0.2, 0.25) is 5.02 Å². The van der Waals surface area contributed by atoms with Gasteiger partial charge in [0.05, 0.1) is 35.1 Å². The number of sulfone groups is 1. The summed E-state index contributed by atoms with van der Waals surface area (Å²) in [5.74, 6) is 1.20. The van der Waals surface area contributed by atoms with Crippen LogP contribution in [0.5, 0.6) is 11.6 Å². The smallest absolute Gasteiger partial charge is 0.257 e. The van der Waals surface area contributed by atoms with E-state index >= 15 is 0 Å². The van der Waals surface area contributed by atoms with Gasteiger partial charge in [0.1, 0.15) is 24.3 Å². The molecule has 210 valence electrons. The first-order valence-corrected chi connectivity index (χ1v) is 14.6. The normalized spacial score (nSPS) is 16.4. The van der Waals surface area contributed by atoms with Gasteiger partial charge in [0.25, 0.3) is 5.88 Å². The fourth-order valence-electron chi connectivity index (χ4n) is 4.53. The highest BCUT2D eigenvalue weighted by atomic mass is 35.5. The Labute approximate surface area is 236 Å². The molecule has 0 saturated carbocycles. The van der Waals surface area contributed by atoms with Gasteiger partial charge >= 0.3 is 0 Å². The maximum atomic E-state index is 13.9. The van der Waals surface area contributed by atoms with E-state index in [1.54, 1.807) is 36.1 Å². The Morgan fingerprint density at radius 2 is 1.80 bits per heavy atom. The standard InChI is InChI=1S/C26H28ClN7O5S/c1-15(2)39-22(24-30-11-18(27)12-31-24)16(3)40(35,36)14-21-32-33-25-19-7-10-29-26(37-4)23(19)38-13-20(34(21)25)17-5-8-28-9-6-17/h5-12,15-16,20,22H,13-14H2,1-4H3/t16-,20+,22+/m0/s1. The van der Waals surface area contributed by atoms with Crippen molar-refractivity contribution in [2.45, 2.75) is 50.0 Å². The molecule has 0 unspecified atom stereocenters. The van der Waals surface area contributed by atoms with Gasteiger partial charge < -0.3 is 14.2 Å². The molecule has 0 radical (unpaired) electrons. The maximum absolute atomic E-state index is 13.9. The molecule has 4 aromatic heterocycles. The van der Waals surface area contributed by atoms with Gasteiger partial charge in [-0.1, -0.05) is 11.6 Å². The second-order valence-electron chi connectivity index (χ2n) is 9.49. The molecule has 0 aromatic carbocycles. The molecule has 0 N–H and O–H groups in total. The van der Waals surface area contributed by atoms with E-state index in [0.717, 1.165) is 5.56 Å². The molecule has 0 spiro atoms. The fourth-order valence-corrected chi connectivity index (χ4v) is 6.01. The Hall–Kier alpha value is -3.68. The molecular weight excluding hydrogens is 558 g/mol. The highest BCUT2D eigenvalue weighted by Crippen LogP contribution is 2.41. The van der Waals surface area contributed by atoms with E-state index in [0.29, 0.717) is 28.0 Å². The molecule has 1 aliphatic heterocycles. The van der Waals surface area contributed by atoms with Crippen LogP contribution in [0.15, 0.2) is 49.2 Å². The highest BCUT2D eigenvalue weighted by Gasteiger charge is 2.37. The minimum atomic E-state index is -3.88. The summed E-state index contributed by atoms with van der Waals surface area (Å²) in [6, 6.07) is 4.97. The number of halogens is 1. The molecule has 12 nitrogen and oxygen atoms in total. The summed E-state index contributed by atoms with van der Waals surface area (Å²) in [6.45, 7) is 5.38. The maximum Gasteiger partial charge on any atom is 0.257 e. The number of ether oxygens (including phenoxy) is 3. The number of fused-ring (bicyclic) bond motifs is 3. The van der Waals surface area contributed by atoms with Crippen molar-refractivity contribution < 1.29 is 22.6 Å². The first-order chi connectivity index (χ1) is 19.2. The first kappa shape index (κ1) is 27.9. The van der Waals surface area contributed by atoms with Gasteiger partial charge in [0.15, 0.2) is 27.2 Å². The van der Waals surface area contributed by atoms with Crippen LogP contribution >= 0.6 is 11.6 Å². The van der Waals surface area contributed by atoms with Crippen LogP contribution in [0.25, 0.3) is 11.4 Å². The lowest BCUT2D eigenvalue weighted by molar-refractivity contribution is 0.00142. The second kappa shape index (κ2) is 11.4. The van der Waals surface area contributed by atoms with Crippen LogP contribution in [0.3, 0.4) is 0 Å². The summed E-state index contributed by atoms with van der Waals surface area (Å²) in [5, 5.41) is 8.09. The Balaban J connectivity index is 1.57. The van der Waals surface area contributed by atoms with Crippen LogP contribution in [0.1, 0.15) is 50.1 Å². The zero-order chi connectivity index (χ0) is 28.4.